The molecule has 14 nitrogen and oxygen atoms in total. The summed E-state index contributed by atoms with van der Waals surface area (Å²) in [5.41, 5.74) is 6.82. The maximum Gasteiger partial charge on any atom is 0.327 e. The highest BCUT2D eigenvalue weighted by molar-refractivity contribution is 7.80. The van der Waals surface area contributed by atoms with Gasteiger partial charge in [0.05, 0.1) is 18.9 Å². The zero-order chi connectivity index (χ0) is 27.7. The van der Waals surface area contributed by atoms with Gasteiger partial charge in [-0.2, -0.15) is 12.6 Å². The lowest BCUT2D eigenvalue weighted by Crippen LogP contribution is -2.58. The van der Waals surface area contributed by atoms with E-state index in [1.165, 1.54) is 0 Å². The SMILES string of the molecule is NC(CC(=O)O)C(=O)NC(CC(=O)O)C(=O)NC(Cc1c[nH]c2ccccc12)C(=O)NC(CS)C(=O)O. The number of aliphatic carboxylic acids is 3. The third-order valence-corrected chi connectivity index (χ3v) is 5.64. The van der Waals surface area contributed by atoms with E-state index >= 15 is 0 Å². The molecule has 0 spiro atoms. The Morgan fingerprint density at radius 3 is 2.00 bits per heavy atom. The summed E-state index contributed by atoms with van der Waals surface area (Å²) in [5.74, 6) is -7.49. The maximum absolute atomic E-state index is 13.0. The molecule has 0 saturated carbocycles. The Bertz CT molecular complexity index is 1180. The summed E-state index contributed by atoms with van der Waals surface area (Å²) in [6.07, 6.45) is -0.176. The second-order valence-electron chi connectivity index (χ2n) is 8.07. The van der Waals surface area contributed by atoms with Gasteiger partial charge in [-0.25, -0.2) is 4.79 Å². The van der Waals surface area contributed by atoms with Gasteiger partial charge in [-0.1, -0.05) is 18.2 Å². The average molecular weight is 538 g/mol. The summed E-state index contributed by atoms with van der Waals surface area (Å²) in [7, 11) is 0. The van der Waals surface area contributed by atoms with Crippen molar-refractivity contribution in [3.8, 4) is 0 Å². The predicted octanol–water partition coefficient (Wildman–Crippen LogP) is -1.54. The van der Waals surface area contributed by atoms with Gasteiger partial charge in [0, 0.05) is 29.3 Å². The van der Waals surface area contributed by atoms with Crippen LogP contribution in [0.5, 0.6) is 0 Å². The largest absolute Gasteiger partial charge is 0.481 e. The van der Waals surface area contributed by atoms with Crippen LogP contribution in [0.15, 0.2) is 30.5 Å². The van der Waals surface area contributed by atoms with Gasteiger partial charge in [0.25, 0.3) is 0 Å². The molecule has 0 aliphatic carbocycles. The lowest BCUT2D eigenvalue weighted by Gasteiger charge is -2.24. The first-order chi connectivity index (χ1) is 17.4. The number of aromatic nitrogens is 1. The minimum absolute atomic E-state index is 0.118. The second kappa shape index (κ2) is 13.3. The molecule has 0 saturated heterocycles. The first-order valence-electron chi connectivity index (χ1n) is 10.9. The molecule has 0 aliphatic rings. The Labute approximate surface area is 215 Å². The number of carbonyl (C=O) groups excluding carboxylic acids is 3. The molecule has 0 bridgehead atoms. The number of H-pyrrole nitrogens is 1. The van der Waals surface area contributed by atoms with Crippen molar-refractivity contribution in [3.63, 3.8) is 0 Å². The van der Waals surface area contributed by atoms with Crippen molar-refractivity contribution in [2.45, 2.75) is 43.4 Å². The average Bonchev–Trinajstić information content (AvgIpc) is 3.23. The number of thiol groups is 1. The Morgan fingerprint density at radius 2 is 1.41 bits per heavy atom. The van der Waals surface area contributed by atoms with Crippen LogP contribution < -0.4 is 21.7 Å². The van der Waals surface area contributed by atoms with Crippen LogP contribution in [0, 0.1) is 0 Å². The molecule has 1 aromatic carbocycles. The third-order valence-electron chi connectivity index (χ3n) is 5.27. The summed E-state index contributed by atoms with van der Waals surface area (Å²) < 4.78 is 0. The van der Waals surface area contributed by atoms with Crippen LogP contribution in [0.1, 0.15) is 18.4 Å². The van der Waals surface area contributed by atoms with Gasteiger partial charge in [-0.3, -0.25) is 24.0 Å². The van der Waals surface area contributed by atoms with Crippen LogP contribution in [0.2, 0.25) is 0 Å². The smallest absolute Gasteiger partial charge is 0.327 e. The molecule has 2 rings (SSSR count). The van der Waals surface area contributed by atoms with E-state index in [1.807, 2.05) is 0 Å². The molecule has 1 heterocycles. The van der Waals surface area contributed by atoms with E-state index in [2.05, 4.69) is 33.6 Å². The zero-order valence-electron chi connectivity index (χ0n) is 19.3. The number of carboxylic acids is 3. The third kappa shape index (κ3) is 8.50. The van der Waals surface area contributed by atoms with Crippen molar-refractivity contribution in [1.29, 1.82) is 0 Å². The van der Waals surface area contributed by atoms with Crippen LogP contribution in [0.4, 0.5) is 0 Å². The standard InChI is InChI=1S/C22H27N5O9S/c23-12(6-17(28)29)19(32)25-15(7-18(30)31)21(34)26-14(20(33)27-16(9-37)22(35)36)5-10-8-24-13-4-2-1-3-11(10)13/h1-4,8,12,14-16,24,37H,5-7,9,23H2,(H,25,32)(H,26,34)(H,27,33)(H,28,29)(H,30,31)(H,35,36). The monoisotopic (exact) mass is 537 g/mol. The fourth-order valence-electron chi connectivity index (χ4n) is 3.40. The number of fused-ring (bicyclic) bond motifs is 1. The Morgan fingerprint density at radius 1 is 0.838 bits per heavy atom. The number of hydrogen-bond donors (Lipinski definition) is 9. The Hall–Kier alpha value is -4.11. The zero-order valence-corrected chi connectivity index (χ0v) is 20.2. The van der Waals surface area contributed by atoms with Gasteiger partial charge < -0.3 is 42.0 Å². The minimum Gasteiger partial charge on any atom is -0.481 e. The number of nitrogens with one attached hydrogen (secondary N) is 4. The van der Waals surface area contributed by atoms with Crippen LogP contribution in [0.3, 0.4) is 0 Å². The highest BCUT2D eigenvalue weighted by Crippen LogP contribution is 2.19. The maximum atomic E-state index is 13.0. The number of carboxylic acid groups (broad SMARTS) is 3. The number of nitrogens with two attached hydrogens (primary N) is 1. The molecule has 4 atom stereocenters. The van der Waals surface area contributed by atoms with Crippen molar-refractivity contribution in [2.75, 3.05) is 5.75 Å². The van der Waals surface area contributed by atoms with E-state index in [0.717, 1.165) is 10.9 Å². The van der Waals surface area contributed by atoms with E-state index in [1.54, 1.807) is 30.5 Å². The molecule has 4 unspecified atom stereocenters. The summed E-state index contributed by atoms with van der Waals surface area (Å²) in [6.45, 7) is 0. The molecule has 2 aromatic rings. The van der Waals surface area contributed by atoms with Crippen LogP contribution in [-0.4, -0.2) is 85.9 Å². The van der Waals surface area contributed by atoms with Gasteiger partial charge >= 0.3 is 17.9 Å². The highest BCUT2D eigenvalue weighted by atomic mass is 32.1. The molecule has 15 heteroatoms. The van der Waals surface area contributed by atoms with Crippen molar-refractivity contribution in [3.05, 3.63) is 36.0 Å². The Balaban J connectivity index is 2.30. The van der Waals surface area contributed by atoms with Crippen molar-refractivity contribution >= 4 is 59.2 Å². The van der Waals surface area contributed by atoms with Crippen molar-refractivity contribution in [2.24, 2.45) is 5.73 Å². The van der Waals surface area contributed by atoms with Gasteiger partial charge in [0.15, 0.2) is 0 Å². The molecular formula is C22H27N5O9S. The van der Waals surface area contributed by atoms with E-state index in [-0.39, 0.29) is 12.2 Å². The number of aromatic amines is 1. The fourth-order valence-corrected chi connectivity index (χ4v) is 3.65. The van der Waals surface area contributed by atoms with Crippen LogP contribution >= 0.6 is 12.6 Å². The molecular weight excluding hydrogens is 510 g/mol. The number of amides is 3. The van der Waals surface area contributed by atoms with Gasteiger partial charge in [0.1, 0.15) is 18.1 Å². The summed E-state index contributed by atoms with van der Waals surface area (Å²) in [4.78, 5) is 74.7. The van der Waals surface area contributed by atoms with Gasteiger partial charge in [-0.05, 0) is 11.6 Å². The van der Waals surface area contributed by atoms with Crippen molar-refractivity contribution < 1.29 is 44.1 Å². The van der Waals surface area contributed by atoms with Gasteiger partial charge in [0.2, 0.25) is 17.7 Å². The quantitative estimate of drug-likeness (QED) is 0.126. The number of benzene rings is 1. The lowest BCUT2D eigenvalue weighted by atomic mass is 10.0. The molecule has 3 amide bonds. The summed E-state index contributed by atoms with van der Waals surface area (Å²) in [6, 6.07) is 1.08. The Kier molecular flexibility index (Phi) is 10.4. The molecule has 0 aliphatic heterocycles. The second-order valence-corrected chi connectivity index (χ2v) is 8.44. The molecule has 9 N–H and O–H groups in total. The van der Waals surface area contributed by atoms with E-state index in [0.29, 0.717) is 5.56 Å². The van der Waals surface area contributed by atoms with Gasteiger partial charge in [-0.15, -0.1) is 0 Å². The number of para-hydroxylation sites is 1. The van der Waals surface area contributed by atoms with Crippen LogP contribution in [-0.2, 0) is 35.2 Å². The molecule has 0 radical (unpaired) electrons. The van der Waals surface area contributed by atoms with Crippen LogP contribution in [0.25, 0.3) is 10.9 Å². The first-order valence-corrected chi connectivity index (χ1v) is 11.5. The first kappa shape index (κ1) is 29.1. The summed E-state index contributed by atoms with van der Waals surface area (Å²) in [5, 5.41) is 34.7. The van der Waals surface area contributed by atoms with E-state index < -0.39 is 72.6 Å². The molecule has 0 fully saturated rings. The highest BCUT2D eigenvalue weighted by Gasteiger charge is 2.32. The topological polar surface area (TPSA) is 241 Å². The molecule has 37 heavy (non-hydrogen) atoms. The normalized spacial score (nSPS) is 14.1. The van der Waals surface area contributed by atoms with E-state index in [4.69, 9.17) is 10.8 Å². The molecule has 1 aromatic heterocycles. The number of carbonyl (C=O) groups is 6. The number of hydrogen-bond acceptors (Lipinski definition) is 8. The minimum atomic E-state index is -1.71. The number of rotatable bonds is 14. The van der Waals surface area contributed by atoms with E-state index in [9.17, 15) is 39.0 Å². The molecule has 200 valence electrons. The predicted molar refractivity (Wildman–Crippen MR) is 132 cm³/mol. The summed E-state index contributed by atoms with van der Waals surface area (Å²) >= 11 is 3.90. The fraction of sp³-hybridized carbons (Fsp3) is 0.364. The lowest BCUT2D eigenvalue weighted by molar-refractivity contribution is -0.143. The van der Waals surface area contributed by atoms with Crippen molar-refractivity contribution in [1.82, 2.24) is 20.9 Å².